The lowest BCUT2D eigenvalue weighted by molar-refractivity contribution is 0.398. The normalized spacial score (nSPS) is 11.4. The summed E-state index contributed by atoms with van der Waals surface area (Å²) >= 11 is 5.95. The smallest absolute Gasteiger partial charge is 0.215 e. The van der Waals surface area contributed by atoms with E-state index in [0.717, 1.165) is 30.0 Å². The molecule has 5 heteroatoms. The average Bonchev–Trinajstić information content (AvgIpc) is 2.72. The highest BCUT2D eigenvalue weighted by Crippen LogP contribution is 2.20. The third-order valence-electron chi connectivity index (χ3n) is 2.90. The number of rotatable bonds is 5. The van der Waals surface area contributed by atoms with Gasteiger partial charge in [0.15, 0.2) is 5.65 Å². The van der Waals surface area contributed by atoms with Gasteiger partial charge in [-0.2, -0.15) is 4.98 Å². The van der Waals surface area contributed by atoms with E-state index in [0.29, 0.717) is 17.7 Å². The topological polar surface area (TPSA) is 39.9 Å². The van der Waals surface area contributed by atoms with Gasteiger partial charge in [0.05, 0.1) is 13.0 Å². The Bertz CT molecular complexity index is 536. The first-order valence-corrected chi connectivity index (χ1v) is 6.65. The van der Waals surface area contributed by atoms with E-state index >= 15 is 0 Å². The monoisotopic (exact) mass is 267 g/mol. The highest BCUT2D eigenvalue weighted by atomic mass is 35.5. The highest BCUT2D eigenvalue weighted by Gasteiger charge is 2.12. The Hall–Kier alpha value is -1.29. The number of hydrogen-bond acceptors (Lipinski definition) is 3. The molecule has 0 spiro atoms. The number of nitrogens with zero attached hydrogens (tertiary/aromatic N) is 3. The minimum Gasteiger partial charge on any atom is -0.481 e. The van der Waals surface area contributed by atoms with Crippen LogP contribution in [0, 0.1) is 5.92 Å². The summed E-state index contributed by atoms with van der Waals surface area (Å²) in [7, 11) is 1.62. The number of aryl methyl sites for hydroxylation is 1. The summed E-state index contributed by atoms with van der Waals surface area (Å²) in [5.41, 5.74) is 1.72. The molecule has 0 saturated heterocycles. The number of halogens is 1. The quantitative estimate of drug-likeness (QED) is 0.781. The Morgan fingerprint density at radius 2 is 2.11 bits per heavy atom. The van der Waals surface area contributed by atoms with Gasteiger partial charge in [0, 0.05) is 12.6 Å². The van der Waals surface area contributed by atoms with Crippen LogP contribution in [0.2, 0.25) is 0 Å². The molecule has 0 N–H and O–H groups in total. The molecule has 2 rings (SSSR count). The summed E-state index contributed by atoms with van der Waals surface area (Å²) in [6.45, 7) is 5.29. The lowest BCUT2D eigenvalue weighted by atomic mass is 10.1. The van der Waals surface area contributed by atoms with Crippen LogP contribution >= 0.6 is 11.6 Å². The molecule has 0 aliphatic rings. The zero-order chi connectivity index (χ0) is 13.1. The molecule has 0 fully saturated rings. The molecule has 0 atom stereocenters. The number of ether oxygens (including phenoxy) is 1. The van der Waals surface area contributed by atoms with Crippen molar-refractivity contribution in [3.8, 4) is 5.88 Å². The first kappa shape index (κ1) is 13.1. The Morgan fingerprint density at radius 3 is 2.72 bits per heavy atom. The van der Waals surface area contributed by atoms with Crippen LogP contribution in [0.3, 0.4) is 0 Å². The van der Waals surface area contributed by atoms with Gasteiger partial charge in [0.2, 0.25) is 5.88 Å². The van der Waals surface area contributed by atoms with Crippen LogP contribution in [-0.2, 0) is 12.4 Å². The molecule has 0 radical (unpaired) electrons. The zero-order valence-electron chi connectivity index (χ0n) is 11.0. The van der Waals surface area contributed by atoms with E-state index < -0.39 is 0 Å². The number of alkyl halides is 1. The fourth-order valence-electron chi connectivity index (χ4n) is 1.87. The van der Waals surface area contributed by atoms with Crippen molar-refractivity contribution in [2.24, 2.45) is 5.92 Å². The standard InChI is InChI=1S/C13H18ClN3O/c1-9(2)6-7-17-11(8-14)15-10-4-5-12(18-3)16-13(10)17/h4-5,9H,6-8H2,1-3H3. The third-order valence-corrected chi connectivity index (χ3v) is 3.14. The van der Waals surface area contributed by atoms with E-state index in [4.69, 9.17) is 16.3 Å². The molecule has 98 valence electrons. The second-order valence-electron chi connectivity index (χ2n) is 4.69. The zero-order valence-corrected chi connectivity index (χ0v) is 11.7. The summed E-state index contributed by atoms with van der Waals surface area (Å²) < 4.78 is 7.25. The van der Waals surface area contributed by atoms with Crippen LogP contribution < -0.4 is 4.74 Å². The maximum Gasteiger partial charge on any atom is 0.215 e. The summed E-state index contributed by atoms with van der Waals surface area (Å²) in [5.74, 6) is 2.51. The number of hydrogen-bond donors (Lipinski definition) is 0. The predicted molar refractivity (Wildman–Crippen MR) is 73.1 cm³/mol. The predicted octanol–water partition coefficient (Wildman–Crippen LogP) is 3.22. The van der Waals surface area contributed by atoms with Crippen LogP contribution in [0.15, 0.2) is 12.1 Å². The lowest BCUT2D eigenvalue weighted by Gasteiger charge is -2.09. The van der Waals surface area contributed by atoms with Gasteiger partial charge in [-0.05, 0) is 18.4 Å². The van der Waals surface area contributed by atoms with E-state index in [1.54, 1.807) is 7.11 Å². The van der Waals surface area contributed by atoms with Gasteiger partial charge in [-0.1, -0.05) is 13.8 Å². The van der Waals surface area contributed by atoms with Crippen molar-refractivity contribution in [2.45, 2.75) is 32.7 Å². The van der Waals surface area contributed by atoms with Gasteiger partial charge < -0.3 is 9.30 Å². The van der Waals surface area contributed by atoms with Crippen LogP contribution in [0.5, 0.6) is 5.88 Å². The van der Waals surface area contributed by atoms with Gasteiger partial charge in [0.25, 0.3) is 0 Å². The summed E-state index contributed by atoms with van der Waals surface area (Å²) in [6, 6.07) is 3.74. The van der Waals surface area contributed by atoms with E-state index in [2.05, 4.69) is 28.4 Å². The number of fused-ring (bicyclic) bond motifs is 1. The SMILES string of the molecule is COc1ccc2nc(CCl)n(CCC(C)C)c2n1. The molecule has 0 bridgehead atoms. The van der Waals surface area contributed by atoms with Crippen molar-refractivity contribution in [1.82, 2.24) is 14.5 Å². The minimum atomic E-state index is 0.400. The maximum atomic E-state index is 5.95. The average molecular weight is 268 g/mol. The van der Waals surface area contributed by atoms with Crippen molar-refractivity contribution in [1.29, 1.82) is 0 Å². The first-order valence-electron chi connectivity index (χ1n) is 6.11. The molecule has 0 aliphatic heterocycles. The van der Waals surface area contributed by atoms with Gasteiger partial charge in [-0.3, -0.25) is 0 Å². The molecule has 4 nitrogen and oxygen atoms in total. The van der Waals surface area contributed by atoms with Crippen molar-refractivity contribution < 1.29 is 4.74 Å². The second-order valence-corrected chi connectivity index (χ2v) is 4.96. The Labute approximate surface area is 112 Å². The molecule has 0 aliphatic carbocycles. The maximum absolute atomic E-state index is 5.95. The molecule has 0 saturated carbocycles. The summed E-state index contributed by atoms with van der Waals surface area (Å²) in [6.07, 6.45) is 1.08. The Balaban J connectivity index is 2.45. The summed E-state index contributed by atoms with van der Waals surface area (Å²) in [4.78, 5) is 8.96. The Morgan fingerprint density at radius 1 is 1.33 bits per heavy atom. The number of aromatic nitrogens is 3. The molecule has 0 unspecified atom stereocenters. The van der Waals surface area contributed by atoms with Crippen LogP contribution in [0.25, 0.3) is 11.2 Å². The third kappa shape index (κ3) is 2.58. The molecule has 2 aromatic rings. The van der Waals surface area contributed by atoms with Gasteiger partial charge >= 0.3 is 0 Å². The van der Waals surface area contributed by atoms with Crippen molar-refractivity contribution in [3.63, 3.8) is 0 Å². The lowest BCUT2D eigenvalue weighted by Crippen LogP contribution is -2.06. The fraction of sp³-hybridized carbons (Fsp3) is 0.538. The number of pyridine rings is 1. The molecule has 0 aromatic carbocycles. The van der Waals surface area contributed by atoms with Gasteiger partial charge in [0.1, 0.15) is 11.3 Å². The van der Waals surface area contributed by atoms with Crippen LogP contribution in [-0.4, -0.2) is 21.6 Å². The highest BCUT2D eigenvalue weighted by molar-refractivity contribution is 6.16. The molecular formula is C13H18ClN3O. The largest absolute Gasteiger partial charge is 0.481 e. The first-order chi connectivity index (χ1) is 8.65. The van der Waals surface area contributed by atoms with Crippen molar-refractivity contribution >= 4 is 22.8 Å². The van der Waals surface area contributed by atoms with Crippen LogP contribution in [0.1, 0.15) is 26.1 Å². The fourth-order valence-corrected chi connectivity index (χ4v) is 2.07. The van der Waals surface area contributed by atoms with E-state index in [-0.39, 0.29) is 0 Å². The molecule has 2 aromatic heterocycles. The summed E-state index contributed by atoms with van der Waals surface area (Å²) in [5, 5.41) is 0. The Kier molecular flexibility index (Phi) is 4.07. The molecule has 18 heavy (non-hydrogen) atoms. The van der Waals surface area contributed by atoms with E-state index in [1.165, 1.54) is 0 Å². The van der Waals surface area contributed by atoms with Gasteiger partial charge in [-0.25, -0.2) is 4.98 Å². The molecule has 0 amide bonds. The van der Waals surface area contributed by atoms with E-state index in [1.807, 2.05) is 12.1 Å². The number of methoxy groups -OCH3 is 1. The molecular weight excluding hydrogens is 250 g/mol. The van der Waals surface area contributed by atoms with E-state index in [9.17, 15) is 0 Å². The van der Waals surface area contributed by atoms with Crippen molar-refractivity contribution in [3.05, 3.63) is 18.0 Å². The van der Waals surface area contributed by atoms with Crippen molar-refractivity contribution in [2.75, 3.05) is 7.11 Å². The second kappa shape index (κ2) is 5.57. The number of imidazole rings is 1. The van der Waals surface area contributed by atoms with Gasteiger partial charge in [-0.15, -0.1) is 11.6 Å². The van der Waals surface area contributed by atoms with Crippen LogP contribution in [0.4, 0.5) is 0 Å². The molecule has 2 heterocycles. The minimum absolute atomic E-state index is 0.400.